The van der Waals surface area contributed by atoms with Crippen molar-refractivity contribution in [1.29, 1.82) is 0 Å². The summed E-state index contributed by atoms with van der Waals surface area (Å²) in [5, 5.41) is 6.11. The minimum Gasteiger partial charge on any atom is -0.493 e. The number of nitrogens with one attached hydrogen (secondary N) is 2. The van der Waals surface area contributed by atoms with Crippen LogP contribution in [0.25, 0.3) is 0 Å². The van der Waals surface area contributed by atoms with Gasteiger partial charge >= 0.3 is 0 Å². The maximum Gasteiger partial charge on any atom is 0.223 e. The summed E-state index contributed by atoms with van der Waals surface area (Å²) < 4.78 is 5.66. The summed E-state index contributed by atoms with van der Waals surface area (Å²) in [6.45, 7) is 9.05. The highest BCUT2D eigenvalue weighted by Gasteiger charge is 2.03. The summed E-state index contributed by atoms with van der Waals surface area (Å²) in [4.78, 5) is 11.6. The van der Waals surface area contributed by atoms with E-state index in [0.717, 1.165) is 36.4 Å². The predicted molar refractivity (Wildman–Crippen MR) is 82.2 cm³/mol. The monoisotopic (exact) mass is 278 g/mol. The zero-order valence-electron chi connectivity index (χ0n) is 12.8. The summed E-state index contributed by atoms with van der Waals surface area (Å²) in [7, 11) is 0. The number of carbonyl (C=O) groups is 1. The molecule has 112 valence electrons. The van der Waals surface area contributed by atoms with Crippen molar-refractivity contribution in [2.45, 2.75) is 33.6 Å². The molecule has 0 saturated heterocycles. The van der Waals surface area contributed by atoms with E-state index in [4.69, 9.17) is 4.74 Å². The van der Waals surface area contributed by atoms with E-state index in [1.54, 1.807) is 0 Å². The Balaban J connectivity index is 2.17. The average Bonchev–Trinajstić information content (AvgIpc) is 2.42. The van der Waals surface area contributed by atoms with Crippen LogP contribution in [-0.4, -0.2) is 32.1 Å². The normalized spacial score (nSPS) is 10.3. The first-order valence-corrected chi connectivity index (χ1v) is 7.31. The highest BCUT2D eigenvalue weighted by Crippen LogP contribution is 2.19. The van der Waals surface area contributed by atoms with Crippen molar-refractivity contribution >= 4 is 5.91 Å². The molecule has 0 unspecified atom stereocenters. The van der Waals surface area contributed by atoms with E-state index in [9.17, 15) is 4.79 Å². The van der Waals surface area contributed by atoms with Crippen molar-refractivity contribution in [3.63, 3.8) is 0 Å². The molecule has 0 aromatic heterocycles. The second-order valence-corrected chi connectivity index (χ2v) is 4.97. The Morgan fingerprint density at radius 1 is 1.20 bits per heavy atom. The Hall–Kier alpha value is -1.55. The first-order chi connectivity index (χ1) is 9.63. The predicted octanol–water partition coefficient (Wildman–Crippen LogP) is 2.19. The van der Waals surface area contributed by atoms with Gasteiger partial charge in [-0.25, -0.2) is 0 Å². The summed E-state index contributed by atoms with van der Waals surface area (Å²) in [5.41, 5.74) is 2.26. The molecule has 2 N–H and O–H groups in total. The number of hydrogen-bond donors (Lipinski definition) is 2. The van der Waals surface area contributed by atoms with Crippen LogP contribution in [0.3, 0.4) is 0 Å². The van der Waals surface area contributed by atoms with Crippen LogP contribution in [0, 0.1) is 13.8 Å². The third-order valence-corrected chi connectivity index (χ3v) is 2.98. The van der Waals surface area contributed by atoms with Gasteiger partial charge in [0.25, 0.3) is 0 Å². The van der Waals surface area contributed by atoms with Gasteiger partial charge in [0.2, 0.25) is 5.91 Å². The molecule has 0 aliphatic carbocycles. The third kappa shape index (κ3) is 6.57. The largest absolute Gasteiger partial charge is 0.493 e. The van der Waals surface area contributed by atoms with Gasteiger partial charge in [0.05, 0.1) is 13.0 Å². The van der Waals surface area contributed by atoms with Crippen molar-refractivity contribution in [2.24, 2.45) is 0 Å². The maximum absolute atomic E-state index is 11.6. The van der Waals surface area contributed by atoms with Crippen LogP contribution in [0.1, 0.15) is 30.9 Å². The molecule has 0 radical (unpaired) electrons. The molecule has 0 bridgehead atoms. The quantitative estimate of drug-likeness (QED) is 0.681. The van der Waals surface area contributed by atoms with Crippen LogP contribution < -0.4 is 15.4 Å². The number of hydrogen-bond acceptors (Lipinski definition) is 3. The molecule has 0 fully saturated rings. The molecule has 1 aromatic rings. The fourth-order valence-corrected chi connectivity index (χ4v) is 1.80. The fourth-order valence-electron chi connectivity index (χ4n) is 1.80. The zero-order valence-corrected chi connectivity index (χ0v) is 12.8. The molecule has 4 nitrogen and oxygen atoms in total. The first-order valence-electron chi connectivity index (χ1n) is 7.31. The second kappa shape index (κ2) is 9.37. The lowest BCUT2D eigenvalue weighted by molar-refractivity contribution is -0.121. The van der Waals surface area contributed by atoms with E-state index in [-0.39, 0.29) is 5.91 Å². The lowest BCUT2D eigenvalue weighted by Crippen LogP contribution is -2.32. The van der Waals surface area contributed by atoms with Crippen LogP contribution >= 0.6 is 0 Å². The van der Waals surface area contributed by atoms with E-state index in [0.29, 0.717) is 19.6 Å². The molecule has 0 atom stereocenters. The second-order valence-electron chi connectivity index (χ2n) is 4.97. The minimum absolute atomic E-state index is 0.0357. The van der Waals surface area contributed by atoms with Crippen molar-refractivity contribution in [3.8, 4) is 5.75 Å². The van der Waals surface area contributed by atoms with Gasteiger partial charge in [-0.3, -0.25) is 4.79 Å². The summed E-state index contributed by atoms with van der Waals surface area (Å²) in [6, 6.07) is 6.09. The molecule has 1 rings (SSSR count). The molecular formula is C16H26N2O2. The molecule has 0 aliphatic heterocycles. The van der Waals surface area contributed by atoms with Gasteiger partial charge in [-0.15, -0.1) is 0 Å². The molecule has 0 heterocycles. The highest BCUT2D eigenvalue weighted by molar-refractivity contribution is 5.75. The number of ether oxygens (including phenoxy) is 1. The van der Waals surface area contributed by atoms with Gasteiger partial charge in [-0.1, -0.05) is 19.1 Å². The van der Waals surface area contributed by atoms with Crippen LogP contribution in [0.15, 0.2) is 18.2 Å². The molecule has 1 amide bonds. The van der Waals surface area contributed by atoms with Gasteiger partial charge in [0.1, 0.15) is 5.75 Å². The van der Waals surface area contributed by atoms with Gasteiger partial charge in [-0.2, -0.15) is 0 Å². The van der Waals surface area contributed by atoms with Crippen molar-refractivity contribution in [3.05, 3.63) is 29.3 Å². The number of amides is 1. The Labute approximate surface area is 121 Å². The standard InChI is InChI=1S/C16H26N2O2/c1-4-8-17-9-10-18-16(19)7-11-20-15-12-13(2)5-6-14(15)3/h5-6,12,17H,4,7-11H2,1-3H3,(H,18,19). The first kappa shape index (κ1) is 16.5. The Morgan fingerprint density at radius 2 is 2.00 bits per heavy atom. The number of benzene rings is 1. The van der Waals surface area contributed by atoms with Crippen LogP contribution in [0.5, 0.6) is 5.75 Å². The summed E-state index contributed by atoms with van der Waals surface area (Å²) >= 11 is 0. The molecule has 1 aromatic carbocycles. The third-order valence-electron chi connectivity index (χ3n) is 2.98. The minimum atomic E-state index is 0.0357. The average molecular weight is 278 g/mol. The molecular weight excluding hydrogens is 252 g/mol. The van der Waals surface area contributed by atoms with Gasteiger partial charge in [0, 0.05) is 13.1 Å². The van der Waals surface area contributed by atoms with Gasteiger partial charge < -0.3 is 15.4 Å². The van der Waals surface area contributed by atoms with Crippen LogP contribution in [0.2, 0.25) is 0 Å². The van der Waals surface area contributed by atoms with E-state index in [2.05, 4.69) is 23.6 Å². The van der Waals surface area contributed by atoms with E-state index < -0.39 is 0 Å². The molecule has 4 heteroatoms. The lowest BCUT2D eigenvalue weighted by atomic mass is 10.1. The number of aryl methyl sites for hydroxylation is 2. The SMILES string of the molecule is CCCNCCNC(=O)CCOc1cc(C)ccc1C. The molecule has 0 aliphatic rings. The fraction of sp³-hybridized carbons (Fsp3) is 0.562. The summed E-state index contributed by atoms with van der Waals surface area (Å²) in [5.74, 6) is 0.899. The van der Waals surface area contributed by atoms with Crippen molar-refractivity contribution in [1.82, 2.24) is 10.6 Å². The van der Waals surface area contributed by atoms with Gasteiger partial charge in [0.15, 0.2) is 0 Å². The molecule has 0 spiro atoms. The smallest absolute Gasteiger partial charge is 0.223 e. The highest BCUT2D eigenvalue weighted by atomic mass is 16.5. The Morgan fingerprint density at radius 3 is 2.75 bits per heavy atom. The Bertz CT molecular complexity index is 419. The van der Waals surface area contributed by atoms with Gasteiger partial charge in [-0.05, 0) is 44.0 Å². The lowest BCUT2D eigenvalue weighted by Gasteiger charge is -2.10. The van der Waals surface area contributed by atoms with E-state index in [1.165, 1.54) is 0 Å². The molecule has 0 saturated carbocycles. The Kier molecular flexibility index (Phi) is 7.73. The van der Waals surface area contributed by atoms with Crippen LogP contribution in [-0.2, 0) is 4.79 Å². The number of rotatable bonds is 9. The summed E-state index contributed by atoms with van der Waals surface area (Å²) in [6.07, 6.45) is 1.50. The maximum atomic E-state index is 11.6. The van der Waals surface area contributed by atoms with E-state index in [1.807, 2.05) is 26.0 Å². The zero-order chi connectivity index (χ0) is 14.8. The molecule has 20 heavy (non-hydrogen) atoms. The van der Waals surface area contributed by atoms with E-state index >= 15 is 0 Å². The topological polar surface area (TPSA) is 50.4 Å². The van der Waals surface area contributed by atoms with Crippen molar-refractivity contribution < 1.29 is 9.53 Å². The van der Waals surface area contributed by atoms with Crippen molar-refractivity contribution in [2.75, 3.05) is 26.2 Å². The number of carbonyl (C=O) groups excluding carboxylic acids is 1. The van der Waals surface area contributed by atoms with Crippen LogP contribution in [0.4, 0.5) is 0 Å².